The lowest BCUT2D eigenvalue weighted by molar-refractivity contribution is 0.0719. The van der Waals surface area contributed by atoms with Crippen LogP contribution in [0.3, 0.4) is 0 Å². The second kappa shape index (κ2) is 9.13. The minimum Gasteiger partial charge on any atom is -0.493 e. The van der Waals surface area contributed by atoms with Crippen molar-refractivity contribution in [2.24, 2.45) is 11.8 Å². The number of hydrogen-bond acceptors (Lipinski definition) is 6. The average Bonchev–Trinajstić information content (AvgIpc) is 3.73. The van der Waals surface area contributed by atoms with Crippen LogP contribution in [0.2, 0.25) is 0 Å². The number of carbonyl (C=O) groups is 1. The first-order valence-electron chi connectivity index (χ1n) is 12.0. The number of carbonyl (C=O) groups excluding carboxylic acids is 1. The molecule has 1 N–H and O–H groups in total. The van der Waals surface area contributed by atoms with Gasteiger partial charge in [0.25, 0.3) is 5.91 Å². The Balaban J connectivity index is 1.45. The van der Waals surface area contributed by atoms with Crippen molar-refractivity contribution in [1.82, 2.24) is 4.90 Å². The maximum atomic E-state index is 13.6. The van der Waals surface area contributed by atoms with Gasteiger partial charge in [-0.2, -0.15) is 0 Å². The molecule has 2 aromatic rings. The van der Waals surface area contributed by atoms with E-state index in [4.69, 9.17) is 9.47 Å². The molecule has 0 spiro atoms. The molecule has 34 heavy (non-hydrogen) atoms. The molecule has 2 fully saturated rings. The van der Waals surface area contributed by atoms with Crippen LogP contribution in [-0.2, 0) is 16.4 Å². The molecular weight excluding hydrogens is 452 g/mol. The standard InChI is InChI=1S/C26H32N2O5S/c1-32-23-11-10-19(12-24(23)33-15-18-8-9-18)22(16-34(2,30)31)28-14-20-4-3-5-21(25(20)26(28)29)27-13-17-6-7-17/h3-5,10-12,17-18,22,27H,6-9,13-16H2,1-2H3. The Labute approximate surface area is 201 Å². The van der Waals surface area contributed by atoms with Gasteiger partial charge in [0.2, 0.25) is 0 Å². The lowest BCUT2D eigenvalue weighted by atomic mass is 10.1. The van der Waals surface area contributed by atoms with Crippen LogP contribution in [0.1, 0.15) is 53.2 Å². The number of fused-ring (bicyclic) bond motifs is 1. The second-order valence-corrected chi connectivity index (χ2v) is 12.1. The van der Waals surface area contributed by atoms with E-state index in [-0.39, 0.29) is 11.7 Å². The highest BCUT2D eigenvalue weighted by molar-refractivity contribution is 7.90. The van der Waals surface area contributed by atoms with Crippen LogP contribution in [0.5, 0.6) is 11.5 Å². The van der Waals surface area contributed by atoms with Crippen LogP contribution in [0.4, 0.5) is 5.69 Å². The van der Waals surface area contributed by atoms with Gasteiger partial charge < -0.3 is 19.7 Å². The van der Waals surface area contributed by atoms with Crippen molar-refractivity contribution in [3.8, 4) is 11.5 Å². The molecule has 1 heterocycles. The third-order valence-electron chi connectivity index (χ3n) is 6.83. The molecule has 0 bridgehead atoms. The third kappa shape index (κ3) is 5.17. The SMILES string of the molecule is COc1ccc(C(CS(C)(=O)=O)N2Cc3cccc(NCC4CC4)c3C2=O)cc1OCC1CC1. The molecule has 0 radical (unpaired) electrons. The molecule has 2 aromatic carbocycles. The van der Waals surface area contributed by atoms with E-state index in [9.17, 15) is 13.2 Å². The van der Waals surface area contributed by atoms with Gasteiger partial charge in [-0.25, -0.2) is 8.42 Å². The number of nitrogens with zero attached hydrogens (tertiary/aromatic N) is 1. The van der Waals surface area contributed by atoms with E-state index in [1.54, 1.807) is 18.1 Å². The molecule has 5 rings (SSSR count). The Morgan fingerprint density at radius 1 is 1.09 bits per heavy atom. The van der Waals surface area contributed by atoms with Crippen LogP contribution in [-0.4, -0.2) is 51.5 Å². The highest BCUT2D eigenvalue weighted by Gasteiger charge is 2.37. The number of rotatable bonds is 11. The summed E-state index contributed by atoms with van der Waals surface area (Å²) in [5.41, 5.74) is 3.13. The minimum atomic E-state index is -3.37. The zero-order chi connectivity index (χ0) is 23.9. The molecule has 3 aliphatic rings. The first kappa shape index (κ1) is 23.0. The molecule has 7 nitrogen and oxygen atoms in total. The zero-order valence-electron chi connectivity index (χ0n) is 19.7. The normalized spacial score (nSPS) is 18.5. The number of hydrogen-bond donors (Lipinski definition) is 1. The maximum Gasteiger partial charge on any atom is 0.257 e. The fourth-order valence-electron chi connectivity index (χ4n) is 4.52. The summed E-state index contributed by atoms with van der Waals surface area (Å²) in [6.45, 7) is 1.84. The van der Waals surface area contributed by atoms with E-state index in [2.05, 4.69) is 5.32 Å². The van der Waals surface area contributed by atoms with Gasteiger partial charge in [0.1, 0.15) is 9.84 Å². The van der Waals surface area contributed by atoms with Crippen molar-refractivity contribution >= 4 is 21.4 Å². The first-order chi connectivity index (χ1) is 16.3. The Morgan fingerprint density at radius 2 is 1.85 bits per heavy atom. The number of sulfone groups is 1. The third-order valence-corrected chi connectivity index (χ3v) is 7.75. The first-order valence-corrected chi connectivity index (χ1v) is 14.0. The zero-order valence-corrected chi connectivity index (χ0v) is 20.6. The fraction of sp³-hybridized carbons (Fsp3) is 0.500. The quantitative estimate of drug-likeness (QED) is 0.518. The van der Waals surface area contributed by atoms with Crippen molar-refractivity contribution in [3.05, 3.63) is 53.1 Å². The molecule has 8 heteroatoms. The van der Waals surface area contributed by atoms with Crippen molar-refractivity contribution in [3.63, 3.8) is 0 Å². The summed E-state index contributed by atoms with van der Waals surface area (Å²) in [6.07, 6.45) is 5.99. The van der Waals surface area contributed by atoms with Gasteiger partial charge in [-0.15, -0.1) is 0 Å². The van der Waals surface area contributed by atoms with Crippen LogP contribution < -0.4 is 14.8 Å². The van der Waals surface area contributed by atoms with Crippen molar-refractivity contribution in [2.75, 3.05) is 37.6 Å². The average molecular weight is 485 g/mol. The van der Waals surface area contributed by atoms with E-state index in [0.717, 1.165) is 36.2 Å². The Hall–Kier alpha value is -2.74. The molecule has 1 amide bonds. The summed E-state index contributed by atoms with van der Waals surface area (Å²) < 4.78 is 36.3. The van der Waals surface area contributed by atoms with E-state index in [0.29, 0.717) is 42.0 Å². The number of ether oxygens (including phenoxy) is 2. The molecule has 1 aliphatic heterocycles. The lowest BCUT2D eigenvalue weighted by Crippen LogP contribution is -2.34. The van der Waals surface area contributed by atoms with Crippen LogP contribution in [0, 0.1) is 11.8 Å². The van der Waals surface area contributed by atoms with Gasteiger partial charge in [-0.1, -0.05) is 18.2 Å². The Morgan fingerprint density at radius 3 is 2.53 bits per heavy atom. The summed E-state index contributed by atoms with van der Waals surface area (Å²) in [4.78, 5) is 15.3. The molecule has 1 unspecified atom stereocenters. The fourth-order valence-corrected chi connectivity index (χ4v) is 5.46. The molecule has 0 aromatic heterocycles. The van der Waals surface area contributed by atoms with Gasteiger partial charge in [0.05, 0.1) is 31.1 Å². The Kier molecular flexibility index (Phi) is 6.18. The molecule has 0 saturated heterocycles. The van der Waals surface area contributed by atoms with Crippen molar-refractivity contribution < 1.29 is 22.7 Å². The highest BCUT2D eigenvalue weighted by Crippen LogP contribution is 2.40. The van der Waals surface area contributed by atoms with Gasteiger partial charge >= 0.3 is 0 Å². The summed E-state index contributed by atoms with van der Waals surface area (Å²) in [5, 5.41) is 3.44. The summed E-state index contributed by atoms with van der Waals surface area (Å²) in [5.74, 6) is 2.13. The van der Waals surface area contributed by atoms with Gasteiger partial charge in [0, 0.05) is 25.0 Å². The molecule has 182 valence electrons. The summed E-state index contributed by atoms with van der Waals surface area (Å²) in [7, 11) is -1.78. The van der Waals surface area contributed by atoms with Crippen LogP contribution in [0.15, 0.2) is 36.4 Å². The van der Waals surface area contributed by atoms with Crippen molar-refractivity contribution in [2.45, 2.75) is 38.3 Å². The van der Waals surface area contributed by atoms with Crippen LogP contribution in [0.25, 0.3) is 0 Å². The summed E-state index contributed by atoms with van der Waals surface area (Å²) >= 11 is 0. The van der Waals surface area contributed by atoms with E-state index >= 15 is 0 Å². The number of benzene rings is 2. The van der Waals surface area contributed by atoms with E-state index in [1.165, 1.54) is 19.1 Å². The largest absolute Gasteiger partial charge is 0.493 e. The van der Waals surface area contributed by atoms with Crippen LogP contribution >= 0.6 is 0 Å². The van der Waals surface area contributed by atoms with Gasteiger partial charge in [0.15, 0.2) is 11.5 Å². The topological polar surface area (TPSA) is 84.9 Å². The second-order valence-electron chi connectivity index (χ2n) is 9.87. The van der Waals surface area contributed by atoms with E-state index < -0.39 is 15.9 Å². The number of amides is 1. The number of nitrogens with one attached hydrogen (secondary N) is 1. The van der Waals surface area contributed by atoms with Crippen molar-refractivity contribution in [1.29, 1.82) is 0 Å². The maximum absolute atomic E-state index is 13.6. The van der Waals surface area contributed by atoms with Gasteiger partial charge in [-0.3, -0.25) is 4.79 Å². The lowest BCUT2D eigenvalue weighted by Gasteiger charge is -2.28. The molecular formula is C26H32N2O5S. The highest BCUT2D eigenvalue weighted by atomic mass is 32.2. The summed E-state index contributed by atoms with van der Waals surface area (Å²) in [6, 6.07) is 10.7. The smallest absolute Gasteiger partial charge is 0.257 e. The minimum absolute atomic E-state index is 0.140. The molecule has 2 aliphatic carbocycles. The monoisotopic (exact) mass is 484 g/mol. The molecule has 2 saturated carbocycles. The number of methoxy groups -OCH3 is 1. The van der Waals surface area contributed by atoms with Gasteiger partial charge in [-0.05, 0) is 66.8 Å². The number of anilines is 1. The molecule has 1 atom stereocenters. The predicted octanol–water partition coefficient (Wildman–Crippen LogP) is 4.05. The Bertz CT molecular complexity index is 1190. The van der Waals surface area contributed by atoms with E-state index in [1.807, 2.05) is 30.3 Å². The predicted molar refractivity (Wildman–Crippen MR) is 131 cm³/mol.